The van der Waals surface area contributed by atoms with Gasteiger partial charge in [0.25, 0.3) is 11.2 Å². The van der Waals surface area contributed by atoms with Crippen molar-refractivity contribution >= 4 is 11.6 Å². The van der Waals surface area contributed by atoms with Crippen LogP contribution in [-0.4, -0.2) is 33.4 Å². The Balaban J connectivity index is 2.09. The summed E-state index contributed by atoms with van der Waals surface area (Å²) in [5.74, 6) is -0.153. The summed E-state index contributed by atoms with van der Waals surface area (Å²) >= 11 is 0. The number of carbonyl (C=O) groups is 1. The minimum Gasteiger partial charge on any atom is -0.341 e. The number of rotatable bonds is 3. The van der Waals surface area contributed by atoms with E-state index in [2.05, 4.69) is 0 Å². The number of nitro groups is 1. The molecule has 0 bridgehead atoms. The van der Waals surface area contributed by atoms with Gasteiger partial charge in [0.1, 0.15) is 6.54 Å². The lowest BCUT2D eigenvalue weighted by Gasteiger charge is -2.25. The van der Waals surface area contributed by atoms with Crippen LogP contribution in [0.5, 0.6) is 0 Å². The van der Waals surface area contributed by atoms with E-state index in [0.717, 1.165) is 48.6 Å². The van der Waals surface area contributed by atoms with Gasteiger partial charge in [0.05, 0.1) is 11.1 Å². The molecule has 7 heteroatoms. The minimum absolute atomic E-state index is 0.138. The third-order valence-electron chi connectivity index (χ3n) is 3.69. The van der Waals surface area contributed by atoms with E-state index in [9.17, 15) is 19.7 Å². The number of nitrogens with zero attached hydrogens (tertiary/aromatic N) is 3. The van der Waals surface area contributed by atoms with Crippen LogP contribution in [0.4, 0.5) is 5.69 Å². The number of aromatic nitrogens is 1. The summed E-state index contributed by atoms with van der Waals surface area (Å²) in [6.07, 6.45) is 6.49. The van der Waals surface area contributed by atoms with Crippen molar-refractivity contribution in [1.82, 2.24) is 9.47 Å². The number of carbonyl (C=O) groups excluding carboxylic acids is 1. The zero-order valence-corrected chi connectivity index (χ0v) is 11.9. The van der Waals surface area contributed by atoms with E-state index < -0.39 is 10.5 Å². The van der Waals surface area contributed by atoms with Crippen LogP contribution in [0.2, 0.25) is 0 Å². The average Bonchev–Trinajstić information content (AvgIpc) is 2.40. The number of pyridine rings is 1. The maximum Gasteiger partial charge on any atom is 0.285 e. The second-order valence-electron chi connectivity index (χ2n) is 5.26. The van der Waals surface area contributed by atoms with Crippen molar-refractivity contribution in [2.75, 3.05) is 13.1 Å². The fourth-order valence-corrected chi connectivity index (χ4v) is 2.49. The molecule has 0 radical (unpaired) electrons. The molecule has 0 atom stereocenters. The van der Waals surface area contributed by atoms with Gasteiger partial charge >= 0.3 is 0 Å². The molecule has 114 valence electrons. The van der Waals surface area contributed by atoms with Gasteiger partial charge in [-0.15, -0.1) is 0 Å². The van der Waals surface area contributed by atoms with Gasteiger partial charge in [-0.05, 0) is 12.8 Å². The van der Waals surface area contributed by atoms with Crippen molar-refractivity contribution in [3.05, 3.63) is 38.8 Å². The van der Waals surface area contributed by atoms with Crippen LogP contribution in [0.15, 0.2) is 23.1 Å². The first-order chi connectivity index (χ1) is 10.1. The average molecular weight is 293 g/mol. The van der Waals surface area contributed by atoms with E-state index >= 15 is 0 Å². The highest BCUT2D eigenvalue weighted by Gasteiger charge is 2.17. The molecule has 1 aromatic rings. The summed E-state index contributed by atoms with van der Waals surface area (Å²) in [6.45, 7) is 1.26. The quantitative estimate of drug-likeness (QED) is 0.625. The lowest BCUT2D eigenvalue weighted by Crippen LogP contribution is -2.38. The molecule has 1 aliphatic rings. The standard InChI is InChI=1S/C14H19N3O4/c18-13-7-6-12(17(20)21)10-16(13)11-14(19)15-8-4-2-1-3-5-9-15/h6-7,10H,1-5,8-9,11H2. The van der Waals surface area contributed by atoms with Crippen LogP contribution in [0.3, 0.4) is 0 Å². The summed E-state index contributed by atoms with van der Waals surface area (Å²) in [5, 5.41) is 10.7. The zero-order chi connectivity index (χ0) is 15.2. The lowest BCUT2D eigenvalue weighted by atomic mass is 10.1. The van der Waals surface area contributed by atoms with E-state index in [4.69, 9.17) is 0 Å². The van der Waals surface area contributed by atoms with Gasteiger partial charge in [0, 0.05) is 25.2 Å². The van der Waals surface area contributed by atoms with Crippen LogP contribution in [0.25, 0.3) is 0 Å². The molecule has 2 heterocycles. The highest BCUT2D eigenvalue weighted by molar-refractivity contribution is 5.76. The number of likely N-dealkylation sites (tertiary alicyclic amines) is 1. The molecule has 7 nitrogen and oxygen atoms in total. The van der Waals surface area contributed by atoms with Gasteiger partial charge in [0.2, 0.25) is 5.91 Å². The Kier molecular flexibility index (Phi) is 5.08. The molecule has 21 heavy (non-hydrogen) atoms. The van der Waals surface area contributed by atoms with Crippen molar-refractivity contribution in [3.8, 4) is 0 Å². The normalized spacial score (nSPS) is 16.1. The Labute approximate surface area is 122 Å². The summed E-state index contributed by atoms with van der Waals surface area (Å²) < 4.78 is 1.11. The predicted octanol–water partition coefficient (Wildman–Crippen LogP) is 1.55. The van der Waals surface area contributed by atoms with Crippen LogP contribution in [0, 0.1) is 10.1 Å². The molecule has 0 aromatic carbocycles. The number of hydrogen-bond acceptors (Lipinski definition) is 4. The minimum atomic E-state index is -0.573. The summed E-state index contributed by atoms with van der Waals surface area (Å²) in [4.78, 5) is 35.9. The smallest absolute Gasteiger partial charge is 0.285 e. The molecule has 0 N–H and O–H groups in total. The van der Waals surface area contributed by atoms with Gasteiger partial charge in [-0.2, -0.15) is 0 Å². The lowest BCUT2D eigenvalue weighted by molar-refractivity contribution is -0.385. The van der Waals surface area contributed by atoms with E-state index in [-0.39, 0.29) is 18.1 Å². The maximum atomic E-state index is 12.3. The fraction of sp³-hybridized carbons (Fsp3) is 0.571. The van der Waals surface area contributed by atoms with Crippen molar-refractivity contribution in [3.63, 3.8) is 0 Å². The SMILES string of the molecule is O=C(Cn1cc([N+](=O)[O-])ccc1=O)N1CCCCCCC1. The summed E-state index contributed by atoms with van der Waals surface area (Å²) in [7, 11) is 0. The third kappa shape index (κ3) is 4.14. The summed E-state index contributed by atoms with van der Waals surface area (Å²) in [5.41, 5.74) is -0.587. The van der Waals surface area contributed by atoms with E-state index in [1.807, 2.05) is 0 Å². The van der Waals surface area contributed by atoms with Crippen molar-refractivity contribution in [2.24, 2.45) is 0 Å². The number of amides is 1. The van der Waals surface area contributed by atoms with Crippen LogP contribution in [-0.2, 0) is 11.3 Å². The highest BCUT2D eigenvalue weighted by Crippen LogP contribution is 2.11. The molecule has 0 spiro atoms. The molecule has 0 saturated carbocycles. The van der Waals surface area contributed by atoms with Crippen LogP contribution in [0.1, 0.15) is 32.1 Å². The molecule has 1 aliphatic heterocycles. The first-order valence-corrected chi connectivity index (χ1v) is 7.20. The van der Waals surface area contributed by atoms with E-state index in [1.165, 1.54) is 6.42 Å². The maximum absolute atomic E-state index is 12.3. The predicted molar refractivity (Wildman–Crippen MR) is 77.0 cm³/mol. The Bertz CT molecular complexity index is 574. The molecule has 2 rings (SSSR count). The molecule has 1 fully saturated rings. The topological polar surface area (TPSA) is 85.5 Å². The second kappa shape index (κ2) is 7.01. The molecular weight excluding hydrogens is 274 g/mol. The first-order valence-electron chi connectivity index (χ1n) is 7.20. The Hall–Kier alpha value is -2.18. The van der Waals surface area contributed by atoms with Crippen LogP contribution < -0.4 is 5.56 Å². The molecule has 1 aromatic heterocycles. The molecule has 0 aliphatic carbocycles. The highest BCUT2D eigenvalue weighted by atomic mass is 16.6. The monoisotopic (exact) mass is 293 g/mol. The van der Waals surface area contributed by atoms with Crippen molar-refractivity contribution < 1.29 is 9.72 Å². The third-order valence-corrected chi connectivity index (χ3v) is 3.69. The number of hydrogen-bond donors (Lipinski definition) is 0. The van der Waals surface area contributed by atoms with Gasteiger partial charge in [-0.3, -0.25) is 24.3 Å². The first kappa shape index (κ1) is 15.2. The molecule has 0 unspecified atom stereocenters. The zero-order valence-electron chi connectivity index (χ0n) is 11.9. The van der Waals surface area contributed by atoms with Gasteiger partial charge < -0.3 is 4.90 Å². The van der Waals surface area contributed by atoms with E-state index in [1.54, 1.807) is 4.90 Å². The van der Waals surface area contributed by atoms with Gasteiger partial charge in [0.15, 0.2) is 0 Å². The Morgan fingerprint density at radius 1 is 1.14 bits per heavy atom. The molecule has 1 saturated heterocycles. The van der Waals surface area contributed by atoms with Gasteiger partial charge in [-0.1, -0.05) is 19.3 Å². The Morgan fingerprint density at radius 3 is 2.38 bits per heavy atom. The molecular formula is C14H19N3O4. The van der Waals surface area contributed by atoms with E-state index in [0.29, 0.717) is 13.1 Å². The largest absolute Gasteiger partial charge is 0.341 e. The van der Waals surface area contributed by atoms with Crippen molar-refractivity contribution in [1.29, 1.82) is 0 Å². The van der Waals surface area contributed by atoms with Crippen LogP contribution >= 0.6 is 0 Å². The van der Waals surface area contributed by atoms with Gasteiger partial charge in [-0.25, -0.2) is 0 Å². The van der Waals surface area contributed by atoms with Crippen molar-refractivity contribution in [2.45, 2.75) is 38.6 Å². The fourth-order valence-electron chi connectivity index (χ4n) is 2.49. The Morgan fingerprint density at radius 2 is 1.76 bits per heavy atom. The summed E-state index contributed by atoms with van der Waals surface area (Å²) in [6, 6.07) is 2.28. The molecule has 1 amide bonds. The second-order valence-corrected chi connectivity index (χ2v) is 5.26.